The van der Waals surface area contributed by atoms with Gasteiger partial charge in [-0.1, -0.05) is 42.0 Å². The lowest BCUT2D eigenvalue weighted by molar-refractivity contribution is -0.122. The number of aromatic nitrogens is 3. The van der Waals surface area contributed by atoms with Crippen molar-refractivity contribution in [3.05, 3.63) is 91.6 Å². The van der Waals surface area contributed by atoms with Crippen LogP contribution >= 0.6 is 11.6 Å². The van der Waals surface area contributed by atoms with Crippen LogP contribution in [0.25, 0.3) is 0 Å². The van der Waals surface area contributed by atoms with Gasteiger partial charge in [0, 0.05) is 5.02 Å². The van der Waals surface area contributed by atoms with E-state index in [1.54, 1.807) is 31.2 Å². The average molecular weight is 405 g/mol. The first kappa shape index (κ1) is 21.2. The third-order valence-corrected chi connectivity index (χ3v) is 4.40. The molecule has 8 nitrogen and oxygen atoms in total. The standard InChI is InChI=1S/C19H21ClN4O4/c1-4-10-22-17(26)23(11-5-2)19(28)24(18(22)27)12-16(25)21-13(3)14-8-6-7-9-15(14)20/h4-9,13H,1-2,10-12H2,3H3,(H,21,25). The number of nitrogens with zero attached hydrogens (tertiary/aromatic N) is 3. The van der Waals surface area contributed by atoms with Crippen LogP contribution < -0.4 is 22.4 Å². The minimum atomic E-state index is -0.879. The molecule has 0 bridgehead atoms. The van der Waals surface area contributed by atoms with Crippen LogP contribution in [-0.2, 0) is 24.4 Å². The molecule has 2 aromatic rings. The molecule has 0 saturated carbocycles. The van der Waals surface area contributed by atoms with Gasteiger partial charge in [0.1, 0.15) is 6.54 Å². The number of amides is 1. The summed E-state index contributed by atoms with van der Waals surface area (Å²) in [6.45, 7) is 8.01. The van der Waals surface area contributed by atoms with Crippen LogP contribution in [0.3, 0.4) is 0 Å². The molecule has 1 heterocycles. The minimum Gasteiger partial charge on any atom is -0.348 e. The third kappa shape index (κ3) is 4.40. The Morgan fingerprint density at radius 2 is 1.54 bits per heavy atom. The fraction of sp³-hybridized carbons (Fsp3) is 0.263. The Labute approximate surface area is 166 Å². The van der Waals surface area contributed by atoms with E-state index < -0.39 is 35.6 Å². The molecule has 0 saturated heterocycles. The van der Waals surface area contributed by atoms with Crippen molar-refractivity contribution in [1.82, 2.24) is 19.0 Å². The Morgan fingerprint density at radius 1 is 1.04 bits per heavy atom. The van der Waals surface area contributed by atoms with Crippen molar-refractivity contribution in [1.29, 1.82) is 0 Å². The summed E-state index contributed by atoms with van der Waals surface area (Å²) in [6.07, 6.45) is 2.71. The Kier molecular flexibility index (Phi) is 6.94. The molecule has 0 aliphatic heterocycles. The second-order valence-electron chi connectivity index (χ2n) is 6.04. The normalized spacial score (nSPS) is 11.6. The number of carbonyl (C=O) groups is 1. The first-order chi connectivity index (χ1) is 13.3. The predicted octanol–water partition coefficient (Wildman–Crippen LogP) is 1.07. The van der Waals surface area contributed by atoms with Crippen LogP contribution in [0.4, 0.5) is 0 Å². The fourth-order valence-electron chi connectivity index (χ4n) is 2.72. The number of rotatable bonds is 8. The zero-order chi connectivity index (χ0) is 20.8. The van der Waals surface area contributed by atoms with E-state index in [2.05, 4.69) is 18.5 Å². The maximum Gasteiger partial charge on any atom is 0.337 e. The summed E-state index contributed by atoms with van der Waals surface area (Å²) >= 11 is 6.13. The molecule has 1 unspecified atom stereocenters. The van der Waals surface area contributed by atoms with Crippen molar-refractivity contribution in [3.8, 4) is 0 Å². The maximum absolute atomic E-state index is 12.5. The van der Waals surface area contributed by atoms with Gasteiger partial charge in [-0.15, -0.1) is 13.2 Å². The van der Waals surface area contributed by atoms with Crippen molar-refractivity contribution in [2.75, 3.05) is 0 Å². The van der Waals surface area contributed by atoms with E-state index in [9.17, 15) is 19.2 Å². The molecule has 1 aromatic heterocycles. The molecule has 0 fully saturated rings. The van der Waals surface area contributed by atoms with Gasteiger partial charge in [-0.25, -0.2) is 28.1 Å². The number of allylic oxidation sites excluding steroid dienone is 2. The monoisotopic (exact) mass is 404 g/mol. The van der Waals surface area contributed by atoms with E-state index in [0.717, 1.165) is 9.13 Å². The highest BCUT2D eigenvalue weighted by Gasteiger charge is 2.18. The van der Waals surface area contributed by atoms with Gasteiger partial charge in [-0.3, -0.25) is 4.79 Å². The lowest BCUT2D eigenvalue weighted by Gasteiger charge is -2.17. The van der Waals surface area contributed by atoms with Gasteiger partial charge >= 0.3 is 17.1 Å². The Bertz CT molecular complexity index is 1030. The minimum absolute atomic E-state index is 0.0905. The molecule has 2 rings (SSSR count). The second kappa shape index (κ2) is 9.18. The zero-order valence-corrected chi connectivity index (χ0v) is 16.2. The number of nitrogens with one attached hydrogen (secondary N) is 1. The van der Waals surface area contributed by atoms with Crippen molar-refractivity contribution in [2.24, 2.45) is 0 Å². The molecule has 1 aromatic carbocycles. The van der Waals surface area contributed by atoms with Crippen LogP contribution in [-0.4, -0.2) is 19.6 Å². The van der Waals surface area contributed by atoms with E-state index in [0.29, 0.717) is 15.2 Å². The fourth-order valence-corrected chi connectivity index (χ4v) is 3.02. The highest BCUT2D eigenvalue weighted by Crippen LogP contribution is 2.21. The first-order valence-corrected chi connectivity index (χ1v) is 8.89. The average Bonchev–Trinajstić information content (AvgIpc) is 2.66. The number of hydrogen-bond acceptors (Lipinski definition) is 4. The van der Waals surface area contributed by atoms with E-state index in [1.165, 1.54) is 12.2 Å². The Morgan fingerprint density at radius 3 is 2.04 bits per heavy atom. The molecule has 1 amide bonds. The lowest BCUT2D eigenvalue weighted by atomic mass is 10.1. The van der Waals surface area contributed by atoms with E-state index in [1.807, 2.05) is 0 Å². The number of halogens is 1. The molecule has 1 N–H and O–H groups in total. The molecule has 148 valence electrons. The lowest BCUT2D eigenvalue weighted by Crippen LogP contribution is -2.55. The largest absolute Gasteiger partial charge is 0.348 e. The van der Waals surface area contributed by atoms with Crippen molar-refractivity contribution >= 4 is 17.5 Å². The Hall–Kier alpha value is -3.13. The molecular formula is C19H21ClN4O4. The molecule has 28 heavy (non-hydrogen) atoms. The summed E-state index contributed by atoms with van der Waals surface area (Å²) in [4.78, 5) is 49.9. The van der Waals surface area contributed by atoms with E-state index in [4.69, 9.17) is 11.6 Å². The van der Waals surface area contributed by atoms with Gasteiger partial charge in [-0.2, -0.15) is 0 Å². The topological polar surface area (TPSA) is 95.1 Å². The zero-order valence-electron chi connectivity index (χ0n) is 15.4. The highest BCUT2D eigenvalue weighted by atomic mass is 35.5. The van der Waals surface area contributed by atoms with Gasteiger partial charge in [0.15, 0.2) is 0 Å². The van der Waals surface area contributed by atoms with Gasteiger partial charge in [0.25, 0.3) is 0 Å². The maximum atomic E-state index is 12.5. The van der Waals surface area contributed by atoms with Gasteiger partial charge in [-0.05, 0) is 18.6 Å². The van der Waals surface area contributed by atoms with E-state index >= 15 is 0 Å². The highest BCUT2D eigenvalue weighted by molar-refractivity contribution is 6.31. The van der Waals surface area contributed by atoms with Crippen molar-refractivity contribution in [3.63, 3.8) is 0 Å². The quantitative estimate of drug-likeness (QED) is 0.666. The Balaban J connectivity index is 2.38. The van der Waals surface area contributed by atoms with Crippen LogP contribution in [0.2, 0.25) is 5.02 Å². The van der Waals surface area contributed by atoms with E-state index in [-0.39, 0.29) is 13.1 Å². The molecular weight excluding hydrogens is 384 g/mol. The number of hydrogen-bond donors (Lipinski definition) is 1. The molecule has 0 radical (unpaired) electrons. The third-order valence-electron chi connectivity index (χ3n) is 4.06. The smallest absolute Gasteiger partial charge is 0.337 e. The number of carbonyl (C=O) groups excluding carboxylic acids is 1. The summed E-state index contributed by atoms with van der Waals surface area (Å²) in [6, 6.07) is 6.58. The summed E-state index contributed by atoms with van der Waals surface area (Å²) in [5, 5.41) is 3.18. The molecule has 0 aliphatic carbocycles. The number of benzene rings is 1. The molecule has 1 atom stereocenters. The van der Waals surface area contributed by atoms with Gasteiger partial charge in [0.2, 0.25) is 5.91 Å². The van der Waals surface area contributed by atoms with Crippen LogP contribution in [0, 0.1) is 0 Å². The van der Waals surface area contributed by atoms with Gasteiger partial charge in [0.05, 0.1) is 19.1 Å². The second-order valence-corrected chi connectivity index (χ2v) is 6.45. The molecule has 0 spiro atoms. The predicted molar refractivity (Wildman–Crippen MR) is 108 cm³/mol. The summed E-state index contributed by atoms with van der Waals surface area (Å²) in [7, 11) is 0. The summed E-state index contributed by atoms with van der Waals surface area (Å²) < 4.78 is 2.38. The SMILES string of the molecule is C=CCn1c(=O)n(CC=C)c(=O)n(CC(=O)NC(C)c2ccccc2Cl)c1=O. The summed E-state index contributed by atoms with van der Waals surface area (Å²) in [5.74, 6) is -0.569. The summed E-state index contributed by atoms with van der Waals surface area (Å²) in [5.41, 5.74) is -1.84. The van der Waals surface area contributed by atoms with Crippen LogP contribution in [0.15, 0.2) is 64.0 Å². The van der Waals surface area contributed by atoms with Crippen molar-refractivity contribution in [2.45, 2.75) is 32.6 Å². The first-order valence-electron chi connectivity index (χ1n) is 8.51. The van der Waals surface area contributed by atoms with Crippen LogP contribution in [0.5, 0.6) is 0 Å². The molecule has 0 aliphatic rings. The van der Waals surface area contributed by atoms with Crippen molar-refractivity contribution < 1.29 is 4.79 Å². The van der Waals surface area contributed by atoms with Crippen LogP contribution in [0.1, 0.15) is 18.5 Å². The molecule has 9 heteroatoms. The van der Waals surface area contributed by atoms with Gasteiger partial charge < -0.3 is 5.32 Å².